The Bertz CT molecular complexity index is 1120. The third-order valence-electron chi connectivity index (χ3n) is 5.39. The van der Waals surface area contributed by atoms with Gasteiger partial charge in [0.05, 0.1) is 17.0 Å². The highest BCUT2D eigenvalue weighted by Crippen LogP contribution is 2.28. The van der Waals surface area contributed by atoms with Crippen molar-refractivity contribution in [3.05, 3.63) is 120 Å². The normalized spacial score (nSPS) is 10.9. The van der Waals surface area contributed by atoms with Crippen molar-refractivity contribution < 1.29 is 19.6 Å². The van der Waals surface area contributed by atoms with E-state index in [9.17, 15) is 4.79 Å². The molecular formula is C31H36NO4PS. The van der Waals surface area contributed by atoms with Gasteiger partial charge in [0.2, 0.25) is 7.66 Å². The molecule has 0 aliphatic carbocycles. The maximum atomic E-state index is 10.4. The molecule has 0 heterocycles. The van der Waals surface area contributed by atoms with Gasteiger partial charge in [-0.25, -0.2) is 4.79 Å². The fourth-order valence-corrected chi connectivity index (χ4v) is 3.12. The molecule has 1 atom stereocenters. The summed E-state index contributed by atoms with van der Waals surface area (Å²) in [6, 6.07) is 29.2. The molecule has 0 saturated carbocycles. The molecule has 38 heavy (non-hydrogen) atoms. The van der Waals surface area contributed by atoms with E-state index in [1.165, 1.54) is 11.1 Å². The number of hydrogen-bond acceptors (Lipinski definition) is 4. The number of carbonyl (C=O) groups is 1. The lowest BCUT2D eigenvalue weighted by Crippen LogP contribution is -2.15. The number of thiol groups is 1. The maximum Gasteiger partial charge on any atom is 0.335 e. The van der Waals surface area contributed by atoms with Crippen molar-refractivity contribution in [2.24, 2.45) is 5.41 Å². The molecule has 200 valence electrons. The van der Waals surface area contributed by atoms with Crippen LogP contribution in [0.4, 0.5) is 0 Å². The number of rotatable bonds is 9. The van der Waals surface area contributed by atoms with Gasteiger partial charge in [0, 0.05) is 6.61 Å². The van der Waals surface area contributed by atoms with Crippen LogP contribution in [0.2, 0.25) is 0 Å². The van der Waals surface area contributed by atoms with Gasteiger partial charge in [0.15, 0.2) is 0 Å². The number of aromatic carboxylic acids is 1. The summed E-state index contributed by atoms with van der Waals surface area (Å²) >= 11 is 3.21. The molecule has 0 aliphatic heterocycles. The summed E-state index contributed by atoms with van der Waals surface area (Å²) in [5.74, 6) is -0.902. The van der Waals surface area contributed by atoms with Gasteiger partial charge in [0.25, 0.3) is 0 Å². The topological polar surface area (TPSA) is 98.4 Å². The summed E-state index contributed by atoms with van der Waals surface area (Å²) in [7, 11) is -0.139. The number of aryl methyl sites for hydroxylation is 1. The lowest BCUT2D eigenvalue weighted by atomic mass is 9.81. The Labute approximate surface area is 233 Å². The summed E-state index contributed by atoms with van der Waals surface area (Å²) < 4.78 is 8.77. The molecule has 7 heteroatoms. The third-order valence-corrected chi connectivity index (χ3v) is 5.39. The van der Waals surface area contributed by atoms with Gasteiger partial charge < -0.3 is 10.2 Å². The Kier molecular flexibility index (Phi) is 19.6. The SMILES string of the molecule is C=Cc1ccc(C(=O)O)cc1.C=Cc1ccccc1.CC(C#N)(CCCO)CCc1ccccc1.O=PS. The Hall–Kier alpha value is -3.49. The Morgan fingerprint density at radius 3 is 1.82 bits per heavy atom. The van der Waals surface area contributed by atoms with Gasteiger partial charge in [0.1, 0.15) is 0 Å². The number of benzene rings is 3. The lowest BCUT2D eigenvalue weighted by Gasteiger charge is -2.20. The van der Waals surface area contributed by atoms with E-state index in [2.05, 4.69) is 43.6 Å². The van der Waals surface area contributed by atoms with Crippen molar-refractivity contribution in [2.75, 3.05) is 6.61 Å². The molecule has 0 fully saturated rings. The van der Waals surface area contributed by atoms with Crippen LogP contribution in [0.25, 0.3) is 12.2 Å². The third kappa shape index (κ3) is 16.3. The van der Waals surface area contributed by atoms with E-state index in [4.69, 9.17) is 20.0 Å². The first kappa shape index (κ1) is 34.5. The second-order valence-corrected chi connectivity index (χ2v) is 8.97. The van der Waals surface area contributed by atoms with Crippen LogP contribution < -0.4 is 0 Å². The number of nitrogens with zero attached hydrogens (tertiary/aromatic N) is 1. The fraction of sp³-hybridized carbons (Fsp3) is 0.226. The lowest BCUT2D eigenvalue weighted by molar-refractivity contribution is 0.0697. The van der Waals surface area contributed by atoms with Gasteiger partial charge in [-0.1, -0.05) is 110 Å². The highest BCUT2D eigenvalue weighted by molar-refractivity contribution is 8.33. The molecule has 2 N–H and O–H groups in total. The van der Waals surface area contributed by atoms with Crippen LogP contribution in [0, 0.1) is 16.7 Å². The first-order valence-corrected chi connectivity index (χ1v) is 13.9. The number of hydrogen-bond donors (Lipinski definition) is 3. The quantitative estimate of drug-likeness (QED) is 0.184. The Morgan fingerprint density at radius 1 is 0.947 bits per heavy atom. The predicted molar refractivity (Wildman–Crippen MR) is 161 cm³/mol. The molecule has 5 nitrogen and oxygen atoms in total. The van der Waals surface area contributed by atoms with Gasteiger partial charge in [-0.15, -0.1) is 0 Å². The molecular weight excluding hydrogens is 513 g/mol. The highest BCUT2D eigenvalue weighted by atomic mass is 32.7. The van der Waals surface area contributed by atoms with Crippen LogP contribution >= 0.6 is 19.9 Å². The van der Waals surface area contributed by atoms with E-state index in [0.717, 1.165) is 24.8 Å². The molecule has 0 aromatic heterocycles. The molecule has 0 spiro atoms. The van der Waals surface area contributed by atoms with Crippen molar-refractivity contribution in [1.82, 2.24) is 0 Å². The number of carboxylic acid groups (broad SMARTS) is 1. The van der Waals surface area contributed by atoms with Crippen molar-refractivity contribution in [1.29, 1.82) is 5.26 Å². The van der Waals surface area contributed by atoms with Gasteiger partial charge in [-0.3, -0.25) is 4.57 Å². The van der Waals surface area contributed by atoms with E-state index in [1.54, 1.807) is 30.3 Å². The van der Waals surface area contributed by atoms with E-state index in [1.807, 2.05) is 61.5 Å². The maximum absolute atomic E-state index is 10.4. The zero-order valence-electron chi connectivity index (χ0n) is 21.7. The first-order chi connectivity index (χ1) is 18.3. The molecule has 3 aromatic rings. The summed E-state index contributed by atoms with van der Waals surface area (Å²) in [5, 5.41) is 26.5. The molecule has 0 aliphatic rings. The number of carboxylic acids is 1. The molecule has 1 unspecified atom stereocenters. The zero-order chi connectivity index (χ0) is 28.7. The smallest absolute Gasteiger partial charge is 0.335 e. The second-order valence-electron chi connectivity index (χ2n) is 8.31. The molecule has 3 aromatic carbocycles. The number of aliphatic hydroxyl groups excluding tert-OH is 1. The van der Waals surface area contributed by atoms with E-state index in [-0.39, 0.29) is 19.7 Å². The predicted octanol–water partition coefficient (Wildman–Crippen LogP) is 8.40. The average molecular weight is 550 g/mol. The number of nitriles is 1. The van der Waals surface area contributed by atoms with Gasteiger partial charge >= 0.3 is 5.97 Å². The molecule has 0 saturated heterocycles. The van der Waals surface area contributed by atoms with Crippen molar-refractivity contribution in [2.45, 2.75) is 32.6 Å². The number of aliphatic hydroxyl groups is 1. The Morgan fingerprint density at radius 2 is 1.42 bits per heavy atom. The van der Waals surface area contributed by atoms with Crippen LogP contribution in [0.3, 0.4) is 0 Å². The molecule has 0 bridgehead atoms. The van der Waals surface area contributed by atoms with E-state index >= 15 is 0 Å². The van der Waals surface area contributed by atoms with Crippen LogP contribution in [0.1, 0.15) is 53.2 Å². The summed E-state index contributed by atoms with van der Waals surface area (Å²) in [6.45, 7) is 9.34. The van der Waals surface area contributed by atoms with E-state index in [0.29, 0.717) is 12.0 Å². The minimum absolute atomic E-state index is 0.139. The summed E-state index contributed by atoms with van der Waals surface area (Å²) in [4.78, 5) is 10.4. The fourth-order valence-electron chi connectivity index (χ4n) is 3.12. The minimum atomic E-state index is -0.902. The molecule has 0 amide bonds. The zero-order valence-corrected chi connectivity index (χ0v) is 23.5. The van der Waals surface area contributed by atoms with Crippen molar-refractivity contribution in [3.63, 3.8) is 0 Å². The molecule has 3 rings (SSSR count). The summed E-state index contributed by atoms with van der Waals surface area (Å²) in [5.41, 5.74) is 3.37. The van der Waals surface area contributed by atoms with Crippen LogP contribution in [-0.2, 0) is 11.0 Å². The largest absolute Gasteiger partial charge is 0.478 e. The van der Waals surface area contributed by atoms with Crippen LogP contribution in [0.5, 0.6) is 0 Å². The van der Waals surface area contributed by atoms with Gasteiger partial charge in [-0.2, -0.15) is 5.26 Å². The molecule has 0 radical (unpaired) electrons. The first-order valence-electron chi connectivity index (χ1n) is 11.9. The van der Waals surface area contributed by atoms with Crippen LogP contribution in [0.15, 0.2) is 98.1 Å². The van der Waals surface area contributed by atoms with Crippen molar-refractivity contribution >= 4 is 38.0 Å². The van der Waals surface area contributed by atoms with Crippen LogP contribution in [-0.4, -0.2) is 22.8 Å². The second kappa shape index (κ2) is 21.6. The van der Waals surface area contributed by atoms with Crippen molar-refractivity contribution in [3.8, 4) is 6.07 Å². The average Bonchev–Trinajstić information content (AvgIpc) is 2.97. The van der Waals surface area contributed by atoms with E-state index < -0.39 is 5.97 Å². The standard InChI is InChI=1S/C14H19NO.C9H8O2.C8H8.HOPS/c1-14(12-15,9-5-11-16)10-8-13-6-3-2-4-7-13;1-2-7-3-5-8(6-4-7)9(10)11;1-2-8-6-4-3-5-7-8;1-2-3/h2-4,6-7,16H,5,8-11H2,1H3;2-6H,1H2,(H,10,11);2-7H,1H2;(H,1,3). The minimum Gasteiger partial charge on any atom is -0.478 e. The monoisotopic (exact) mass is 549 g/mol. The summed E-state index contributed by atoms with van der Waals surface area (Å²) in [6.07, 6.45) is 6.77. The Balaban J connectivity index is 0.000000540. The van der Waals surface area contributed by atoms with Gasteiger partial charge in [-0.05, 0) is 61.4 Å². The highest BCUT2D eigenvalue weighted by Gasteiger charge is 2.22.